The van der Waals surface area contributed by atoms with Gasteiger partial charge in [-0.15, -0.1) is 0 Å². The van der Waals surface area contributed by atoms with Crippen molar-refractivity contribution in [3.05, 3.63) is 29.8 Å². The van der Waals surface area contributed by atoms with E-state index in [1.54, 1.807) is 13.8 Å². The topological polar surface area (TPSA) is 373 Å². The Labute approximate surface area is 321 Å². The van der Waals surface area contributed by atoms with Crippen LogP contribution in [0.4, 0.5) is 0 Å². The fraction of sp³-hybridized carbons (Fsp3) is 0.576. The molecule has 0 radical (unpaired) electrons. The minimum Gasteiger partial charge on any atom is -0.480 e. The molecule has 1 aliphatic rings. The molecule has 1 aromatic rings. The van der Waals surface area contributed by atoms with Crippen LogP contribution in [0.5, 0.6) is 5.75 Å². The summed E-state index contributed by atoms with van der Waals surface area (Å²) >= 11 is 0. The highest BCUT2D eigenvalue weighted by Gasteiger charge is 2.40. The molecular weight excluding hydrogens is 763 g/mol. The molecule has 0 aromatic heterocycles. The molecule has 1 aliphatic heterocycles. The second-order valence-corrected chi connectivity index (χ2v) is 14.9. The highest BCUT2D eigenvalue weighted by atomic mass is 31.2. The number of amides is 7. The Morgan fingerprint density at radius 2 is 1.41 bits per heavy atom. The number of aliphatic hydroxyl groups excluding tert-OH is 1. The molecule has 1 heterocycles. The first kappa shape index (κ1) is 47.0. The number of phosphoric acid groups is 1. The second-order valence-electron chi connectivity index (χ2n) is 13.8. The zero-order valence-corrected chi connectivity index (χ0v) is 32.0. The number of carbonyl (C=O) groups excluding carboxylic acids is 7. The van der Waals surface area contributed by atoms with Crippen molar-refractivity contribution in [3.63, 3.8) is 0 Å². The number of phosphoric ester groups is 1. The van der Waals surface area contributed by atoms with Gasteiger partial charge in [0.15, 0.2) is 0 Å². The molecule has 14 N–H and O–H groups in total. The number of nitrogens with two attached hydrogens (primary N) is 3. The third kappa shape index (κ3) is 15.5. The predicted octanol–water partition coefficient (Wildman–Crippen LogP) is -3.39. The molecular formula is C33H51N8O14P. The van der Waals surface area contributed by atoms with Crippen molar-refractivity contribution in [1.82, 2.24) is 26.2 Å². The molecule has 7 atom stereocenters. The van der Waals surface area contributed by atoms with Crippen LogP contribution in [0, 0.1) is 5.92 Å². The average Bonchev–Trinajstić information content (AvgIpc) is 3.58. The van der Waals surface area contributed by atoms with Crippen LogP contribution in [-0.4, -0.2) is 121 Å². The fourth-order valence-corrected chi connectivity index (χ4v) is 6.16. The molecule has 1 aromatic carbocycles. The summed E-state index contributed by atoms with van der Waals surface area (Å²) in [5.74, 6) is -8.22. The SMILES string of the molecule is CC(C)C[C@H](NC(=O)[C@@H](N)CC(N)=O)C(=O)N[C@@H](Cc1ccc(OP(=O)(O)O)cc1)C(=O)N[C@@H](CCC(N)=O)C(=O)N[C@H](C(=O)N1CCC[C@H]1C(=O)O)[C@@H](C)O. The third-order valence-corrected chi connectivity index (χ3v) is 8.95. The van der Waals surface area contributed by atoms with Gasteiger partial charge >= 0.3 is 13.8 Å². The largest absolute Gasteiger partial charge is 0.524 e. The lowest BCUT2D eigenvalue weighted by Crippen LogP contribution is -2.61. The van der Waals surface area contributed by atoms with Crippen molar-refractivity contribution < 1.29 is 67.4 Å². The summed E-state index contributed by atoms with van der Waals surface area (Å²) in [5, 5.41) is 29.7. The maximum absolute atomic E-state index is 14.0. The molecule has 0 aliphatic carbocycles. The van der Waals surface area contributed by atoms with Crippen molar-refractivity contribution >= 4 is 55.1 Å². The Morgan fingerprint density at radius 1 is 0.857 bits per heavy atom. The van der Waals surface area contributed by atoms with E-state index in [9.17, 15) is 53.1 Å². The summed E-state index contributed by atoms with van der Waals surface area (Å²) in [5.41, 5.74) is 16.5. The van der Waals surface area contributed by atoms with Crippen molar-refractivity contribution in [2.24, 2.45) is 23.1 Å². The number of aliphatic hydroxyl groups is 1. The molecule has 312 valence electrons. The fourth-order valence-electron chi connectivity index (χ4n) is 5.77. The van der Waals surface area contributed by atoms with Crippen LogP contribution < -0.4 is 43.0 Å². The predicted molar refractivity (Wildman–Crippen MR) is 194 cm³/mol. The number of nitrogens with zero attached hydrogens (tertiary/aromatic N) is 1. The number of carbonyl (C=O) groups is 8. The number of benzene rings is 1. The summed E-state index contributed by atoms with van der Waals surface area (Å²) in [6.45, 7) is 4.69. The van der Waals surface area contributed by atoms with E-state index in [1.165, 1.54) is 31.2 Å². The van der Waals surface area contributed by atoms with Gasteiger partial charge in [-0.1, -0.05) is 26.0 Å². The van der Waals surface area contributed by atoms with Crippen LogP contribution in [-0.2, 0) is 49.3 Å². The highest BCUT2D eigenvalue weighted by molar-refractivity contribution is 7.46. The number of nitrogens with one attached hydrogen (secondary N) is 4. The van der Waals surface area contributed by atoms with Crippen LogP contribution in [0.15, 0.2) is 24.3 Å². The Morgan fingerprint density at radius 3 is 1.93 bits per heavy atom. The minimum absolute atomic E-state index is 0.0295. The number of likely N-dealkylation sites (tertiary alicyclic amines) is 1. The number of primary amides is 2. The number of hydrogen-bond acceptors (Lipinski definition) is 12. The van der Waals surface area contributed by atoms with Gasteiger partial charge in [-0.25, -0.2) is 9.36 Å². The van der Waals surface area contributed by atoms with E-state index in [2.05, 4.69) is 25.8 Å². The van der Waals surface area contributed by atoms with Crippen LogP contribution in [0.25, 0.3) is 0 Å². The highest BCUT2D eigenvalue weighted by Crippen LogP contribution is 2.37. The Balaban J connectivity index is 2.46. The summed E-state index contributed by atoms with van der Waals surface area (Å²) < 4.78 is 15.8. The number of hydrogen-bond donors (Lipinski definition) is 11. The lowest BCUT2D eigenvalue weighted by molar-refractivity contribution is -0.150. The van der Waals surface area contributed by atoms with Crippen molar-refractivity contribution in [2.45, 2.75) is 108 Å². The molecule has 0 unspecified atom stereocenters. The number of carboxylic acid groups (broad SMARTS) is 1. The maximum Gasteiger partial charge on any atom is 0.524 e. The molecule has 22 nitrogen and oxygen atoms in total. The first-order valence-corrected chi connectivity index (χ1v) is 19.1. The van der Waals surface area contributed by atoms with Gasteiger partial charge in [0.2, 0.25) is 41.4 Å². The third-order valence-electron chi connectivity index (χ3n) is 8.50. The van der Waals surface area contributed by atoms with E-state index >= 15 is 0 Å². The van der Waals surface area contributed by atoms with E-state index in [-0.39, 0.29) is 37.5 Å². The smallest absolute Gasteiger partial charge is 0.480 e. The van der Waals surface area contributed by atoms with Gasteiger partial charge < -0.3 is 58.1 Å². The standard InChI is InChI=1S/C33H51N8O14P/c1-16(2)13-22(38-28(45)20(34)15-26(36)44)30(47)39-23(14-18-6-8-19(9-7-18)55-56(52,53)54)31(48)37-21(10-11-25(35)43)29(46)40-27(17(3)42)32(49)41-12-4-5-24(41)33(50)51/h6-9,16-17,20-24,27,42H,4-5,10-15,34H2,1-3H3,(H2,35,43)(H2,36,44)(H,37,48)(H,38,45)(H,39,47)(H,40,46)(H,50,51)(H2,52,53,54)/t17-,20+,21+,22+,23+,24+,27+/m1/s1. The quantitative estimate of drug-likeness (QED) is 0.0509. The molecule has 0 saturated carbocycles. The summed E-state index contributed by atoms with van der Waals surface area (Å²) in [6, 6.07) is -3.73. The monoisotopic (exact) mass is 814 g/mol. The normalized spacial score (nSPS) is 17.4. The van der Waals surface area contributed by atoms with Gasteiger partial charge in [-0.3, -0.25) is 43.3 Å². The van der Waals surface area contributed by atoms with Crippen LogP contribution in [0.2, 0.25) is 0 Å². The van der Waals surface area contributed by atoms with Gasteiger partial charge in [0.25, 0.3) is 0 Å². The lowest BCUT2D eigenvalue weighted by Gasteiger charge is -2.30. The van der Waals surface area contributed by atoms with Crippen molar-refractivity contribution in [1.29, 1.82) is 0 Å². The van der Waals surface area contributed by atoms with E-state index in [0.717, 1.165) is 4.90 Å². The molecule has 7 amide bonds. The minimum atomic E-state index is -4.92. The number of rotatable bonds is 22. The Bertz CT molecular complexity index is 1650. The molecule has 56 heavy (non-hydrogen) atoms. The zero-order valence-electron chi connectivity index (χ0n) is 31.1. The molecule has 0 spiro atoms. The summed E-state index contributed by atoms with van der Waals surface area (Å²) in [6.07, 6.45) is -2.74. The summed E-state index contributed by atoms with van der Waals surface area (Å²) in [7, 11) is -4.92. The van der Waals surface area contributed by atoms with Crippen molar-refractivity contribution in [3.8, 4) is 5.75 Å². The maximum atomic E-state index is 14.0. The second kappa shape index (κ2) is 21.2. The van der Waals surface area contributed by atoms with E-state index in [4.69, 9.17) is 27.0 Å². The number of aliphatic carboxylic acids is 1. The van der Waals surface area contributed by atoms with Gasteiger partial charge in [-0.2, -0.15) is 0 Å². The van der Waals surface area contributed by atoms with E-state index in [0.29, 0.717) is 12.0 Å². The van der Waals surface area contributed by atoms with Crippen molar-refractivity contribution in [2.75, 3.05) is 6.54 Å². The summed E-state index contributed by atoms with van der Waals surface area (Å²) in [4.78, 5) is 122. The van der Waals surface area contributed by atoms with Gasteiger partial charge in [0.05, 0.1) is 18.6 Å². The molecule has 1 saturated heterocycles. The number of carboxylic acids is 1. The Hall–Kier alpha value is -5.15. The average molecular weight is 815 g/mol. The molecule has 23 heteroatoms. The Kier molecular flexibility index (Phi) is 17.8. The van der Waals surface area contributed by atoms with Crippen LogP contribution >= 0.6 is 7.82 Å². The molecule has 1 fully saturated rings. The van der Waals surface area contributed by atoms with Crippen LogP contribution in [0.3, 0.4) is 0 Å². The van der Waals surface area contributed by atoms with Gasteiger partial charge in [0.1, 0.15) is 36.0 Å². The first-order valence-electron chi connectivity index (χ1n) is 17.6. The van der Waals surface area contributed by atoms with Gasteiger partial charge in [-0.05, 0) is 56.2 Å². The van der Waals surface area contributed by atoms with E-state index in [1.807, 2.05) is 0 Å². The lowest BCUT2D eigenvalue weighted by atomic mass is 10.00. The molecule has 0 bridgehead atoms. The zero-order chi connectivity index (χ0) is 42.5. The van der Waals surface area contributed by atoms with Gasteiger partial charge in [0, 0.05) is 19.4 Å². The molecule has 2 rings (SSSR count). The van der Waals surface area contributed by atoms with Crippen LogP contribution in [0.1, 0.15) is 64.9 Å². The first-order chi connectivity index (χ1) is 26.0. The van der Waals surface area contributed by atoms with E-state index < -0.39 is 117 Å².